The molecule has 0 spiro atoms. The number of amides is 3. The van der Waals surface area contributed by atoms with Gasteiger partial charge in [-0.2, -0.15) is 5.10 Å². The van der Waals surface area contributed by atoms with Crippen LogP contribution in [0, 0.1) is 13.8 Å². The average molecular weight is 482 g/mol. The van der Waals surface area contributed by atoms with Gasteiger partial charge >= 0.3 is 6.03 Å². The zero-order valence-electron chi connectivity index (χ0n) is 20.9. The first-order valence-electron chi connectivity index (χ1n) is 12.1. The molecule has 4 aromatic rings. The molecule has 4 rings (SSSR count). The molecule has 7 heteroatoms. The van der Waals surface area contributed by atoms with Crippen LogP contribution in [0.3, 0.4) is 0 Å². The minimum absolute atomic E-state index is 0.0782. The summed E-state index contributed by atoms with van der Waals surface area (Å²) in [6.07, 6.45) is 0.730. The van der Waals surface area contributed by atoms with Crippen LogP contribution >= 0.6 is 0 Å². The molecule has 0 aliphatic rings. The van der Waals surface area contributed by atoms with Crippen LogP contribution in [0.25, 0.3) is 16.9 Å². The highest BCUT2D eigenvalue weighted by Gasteiger charge is 2.19. The van der Waals surface area contributed by atoms with Crippen LogP contribution < -0.4 is 10.6 Å². The smallest absolute Gasteiger partial charge is 0.315 e. The van der Waals surface area contributed by atoms with Crippen LogP contribution in [0.1, 0.15) is 24.5 Å². The molecule has 0 saturated heterocycles. The number of rotatable bonds is 8. The van der Waals surface area contributed by atoms with E-state index in [4.69, 9.17) is 5.10 Å². The summed E-state index contributed by atoms with van der Waals surface area (Å²) in [7, 11) is 0. The molecule has 0 fully saturated rings. The average Bonchev–Trinajstić information content (AvgIpc) is 3.30. The van der Waals surface area contributed by atoms with Crippen molar-refractivity contribution in [2.75, 3.05) is 23.7 Å². The van der Waals surface area contributed by atoms with E-state index in [2.05, 4.69) is 10.6 Å². The van der Waals surface area contributed by atoms with Crippen LogP contribution in [0.2, 0.25) is 0 Å². The molecular formula is C29H31N5O2. The SMILES string of the molecule is CCCN(CC(=O)Nc1cc(-c2ccccc2)nn1-c1ccccc1)C(=O)Nc1ccc(C)c(C)c1. The second-order valence-electron chi connectivity index (χ2n) is 8.73. The molecule has 1 heterocycles. The van der Waals surface area contributed by atoms with Gasteiger partial charge in [-0.25, -0.2) is 9.48 Å². The van der Waals surface area contributed by atoms with Gasteiger partial charge in [-0.3, -0.25) is 4.79 Å². The van der Waals surface area contributed by atoms with E-state index in [1.807, 2.05) is 106 Å². The number of aryl methyl sites for hydroxylation is 2. The van der Waals surface area contributed by atoms with Crippen LogP contribution in [0.4, 0.5) is 16.3 Å². The third kappa shape index (κ3) is 5.99. The fourth-order valence-corrected chi connectivity index (χ4v) is 3.89. The largest absolute Gasteiger partial charge is 0.322 e. The first kappa shape index (κ1) is 24.7. The Kier molecular flexibility index (Phi) is 7.80. The zero-order chi connectivity index (χ0) is 25.5. The predicted molar refractivity (Wildman–Crippen MR) is 144 cm³/mol. The van der Waals surface area contributed by atoms with Crippen molar-refractivity contribution in [3.05, 3.63) is 96.1 Å². The van der Waals surface area contributed by atoms with Crippen molar-refractivity contribution in [1.82, 2.24) is 14.7 Å². The van der Waals surface area contributed by atoms with Crippen molar-refractivity contribution in [2.45, 2.75) is 27.2 Å². The van der Waals surface area contributed by atoms with Gasteiger partial charge in [0.1, 0.15) is 12.4 Å². The van der Waals surface area contributed by atoms with Gasteiger partial charge in [-0.15, -0.1) is 0 Å². The van der Waals surface area contributed by atoms with Crippen molar-refractivity contribution >= 4 is 23.4 Å². The molecule has 3 amide bonds. The maximum atomic E-state index is 13.1. The molecule has 3 aromatic carbocycles. The van der Waals surface area contributed by atoms with E-state index >= 15 is 0 Å². The van der Waals surface area contributed by atoms with Crippen molar-refractivity contribution in [2.24, 2.45) is 0 Å². The van der Waals surface area contributed by atoms with E-state index in [1.165, 1.54) is 4.90 Å². The number of urea groups is 1. The summed E-state index contributed by atoms with van der Waals surface area (Å²) in [6.45, 7) is 6.38. The van der Waals surface area contributed by atoms with Gasteiger partial charge in [0.25, 0.3) is 0 Å². The van der Waals surface area contributed by atoms with Crippen molar-refractivity contribution in [1.29, 1.82) is 0 Å². The molecule has 7 nitrogen and oxygen atoms in total. The lowest BCUT2D eigenvalue weighted by molar-refractivity contribution is -0.116. The van der Waals surface area contributed by atoms with Crippen molar-refractivity contribution < 1.29 is 9.59 Å². The Hall–Kier alpha value is -4.39. The molecule has 0 aliphatic heterocycles. The van der Waals surface area contributed by atoms with Gasteiger partial charge in [0.2, 0.25) is 5.91 Å². The molecule has 1 aromatic heterocycles. The zero-order valence-corrected chi connectivity index (χ0v) is 20.9. The molecule has 36 heavy (non-hydrogen) atoms. The van der Waals surface area contributed by atoms with Crippen molar-refractivity contribution in [3.63, 3.8) is 0 Å². The number of carbonyl (C=O) groups is 2. The minimum Gasteiger partial charge on any atom is -0.315 e. The van der Waals surface area contributed by atoms with E-state index in [-0.39, 0.29) is 18.5 Å². The van der Waals surface area contributed by atoms with Gasteiger partial charge in [-0.05, 0) is 55.7 Å². The first-order valence-corrected chi connectivity index (χ1v) is 12.1. The third-order valence-electron chi connectivity index (χ3n) is 5.92. The Bertz CT molecular complexity index is 1330. The molecule has 0 atom stereocenters. The Balaban J connectivity index is 1.53. The predicted octanol–water partition coefficient (Wildman–Crippen LogP) is 6.04. The number of hydrogen-bond donors (Lipinski definition) is 2. The molecule has 0 aliphatic carbocycles. The molecule has 2 N–H and O–H groups in total. The van der Waals surface area contributed by atoms with E-state index in [9.17, 15) is 9.59 Å². The molecule has 184 valence electrons. The Morgan fingerprint density at radius 3 is 2.22 bits per heavy atom. The lowest BCUT2D eigenvalue weighted by Gasteiger charge is -2.22. The molecule has 0 bridgehead atoms. The number of nitrogens with one attached hydrogen (secondary N) is 2. The number of benzene rings is 3. The number of nitrogens with zero attached hydrogens (tertiary/aromatic N) is 3. The fourth-order valence-electron chi connectivity index (χ4n) is 3.89. The summed E-state index contributed by atoms with van der Waals surface area (Å²) in [6, 6.07) is 26.7. The van der Waals surface area contributed by atoms with Gasteiger partial charge < -0.3 is 15.5 Å². The monoisotopic (exact) mass is 481 g/mol. The normalized spacial score (nSPS) is 10.6. The summed E-state index contributed by atoms with van der Waals surface area (Å²) in [5.41, 5.74) is 5.47. The molecule has 0 unspecified atom stereocenters. The fraction of sp³-hybridized carbons (Fsp3) is 0.207. The van der Waals surface area contributed by atoms with Gasteiger partial charge in [-0.1, -0.05) is 61.5 Å². The summed E-state index contributed by atoms with van der Waals surface area (Å²) >= 11 is 0. The van der Waals surface area contributed by atoms with Crippen LogP contribution in [-0.2, 0) is 4.79 Å². The number of carbonyl (C=O) groups excluding carboxylic acids is 2. The summed E-state index contributed by atoms with van der Waals surface area (Å²) < 4.78 is 1.71. The molecule has 0 saturated carbocycles. The molecule has 0 radical (unpaired) electrons. The van der Waals surface area contributed by atoms with E-state index in [1.54, 1.807) is 4.68 Å². The van der Waals surface area contributed by atoms with Gasteiger partial charge in [0, 0.05) is 23.9 Å². The first-order chi connectivity index (χ1) is 17.4. The Morgan fingerprint density at radius 1 is 0.861 bits per heavy atom. The lowest BCUT2D eigenvalue weighted by atomic mass is 10.1. The van der Waals surface area contributed by atoms with Crippen molar-refractivity contribution in [3.8, 4) is 16.9 Å². The number of anilines is 2. The van der Waals surface area contributed by atoms with E-state index in [0.717, 1.165) is 34.5 Å². The Morgan fingerprint density at radius 2 is 1.56 bits per heavy atom. The van der Waals surface area contributed by atoms with Gasteiger partial charge in [0.05, 0.1) is 11.4 Å². The third-order valence-corrected chi connectivity index (χ3v) is 5.92. The summed E-state index contributed by atoms with van der Waals surface area (Å²) in [4.78, 5) is 27.6. The minimum atomic E-state index is -0.309. The topological polar surface area (TPSA) is 79.3 Å². The highest BCUT2D eigenvalue weighted by atomic mass is 16.2. The van der Waals surface area contributed by atoms with E-state index in [0.29, 0.717) is 18.1 Å². The summed E-state index contributed by atoms with van der Waals surface area (Å²) in [5.74, 6) is 0.242. The van der Waals surface area contributed by atoms with Crippen LogP contribution in [-0.4, -0.2) is 39.7 Å². The second-order valence-corrected chi connectivity index (χ2v) is 8.73. The quantitative estimate of drug-likeness (QED) is 0.322. The van der Waals surface area contributed by atoms with Gasteiger partial charge in [0.15, 0.2) is 0 Å². The van der Waals surface area contributed by atoms with E-state index < -0.39 is 0 Å². The highest BCUT2D eigenvalue weighted by molar-refractivity contribution is 5.97. The Labute approximate surface area is 211 Å². The number of hydrogen-bond acceptors (Lipinski definition) is 3. The molecular weight excluding hydrogens is 450 g/mol. The lowest BCUT2D eigenvalue weighted by Crippen LogP contribution is -2.41. The maximum absolute atomic E-state index is 13.1. The van der Waals surface area contributed by atoms with Crippen LogP contribution in [0.5, 0.6) is 0 Å². The number of aromatic nitrogens is 2. The number of para-hydroxylation sites is 1. The standard InChI is InChI=1S/C29H31N5O2/c1-4-17-33(29(36)30-24-16-15-21(2)22(3)18-24)20-28(35)31-27-19-26(23-11-7-5-8-12-23)32-34(27)25-13-9-6-10-14-25/h5-16,18-19H,4,17,20H2,1-3H3,(H,30,36)(H,31,35). The highest BCUT2D eigenvalue weighted by Crippen LogP contribution is 2.25. The van der Waals surface area contributed by atoms with Crippen LogP contribution in [0.15, 0.2) is 84.9 Å². The second kappa shape index (κ2) is 11.4. The maximum Gasteiger partial charge on any atom is 0.322 e. The summed E-state index contributed by atoms with van der Waals surface area (Å²) in [5, 5.41) is 10.6.